The van der Waals surface area contributed by atoms with Gasteiger partial charge in [-0.15, -0.1) is 0 Å². The fourth-order valence-electron chi connectivity index (χ4n) is 3.09. The van der Waals surface area contributed by atoms with Crippen molar-refractivity contribution in [2.75, 3.05) is 12.3 Å². The van der Waals surface area contributed by atoms with Gasteiger partial charge in [-0.25, -0.2) is 4.79 Å². The maximum absolute atomic E-state index is 12.7. The van der Waals surface area contributed by atoms with Crippen LogP contribution in [0.15, 0.2) is 30.3 Å². The Morgan fingerprint density at radius 2 is 1.43 bits per heavy atom. The van der Waals surface area contributed by atoms with Gasteiger partial charge in [0.25, 0.3) is 0 Å². The first-order valence-corrected chi connectivity index (χ1v) is 11.7. The maximum atomic E-state index is 12.7. The van der Waals surface area contributed by atoms with Crippen LogP contribution >= 0.6 is 12.6 Å². The summed E-state index contributed by atoms with van der Waals surface area (Å²) in [7, 11) is 0. The van der Waals surface area contributed by atoms with Crippen molar-refractivity contribution >= 4 is 42.3 Å². The molecule has 13 heteroatoms. The molecule has 4 atom stereocenters. The quantitative estimate of drug-likeness (QED) is 0.0969. The minimum absolute atomic E-state index is 0.0486. The maximum Gasteiger partial charge on any atom is 0.326 e. The van der Waals surface area contributed by atoms with Gasteiger partial charge in [-0.1, -0.05) is 36.8 Å². The number of carboxylic acid groups (broad SMARTS) is 2. The number of rotatable bonds is 16. The van der Waals surface area contributed by atoms with E-state index < -0.39 is 60.2 Å². The molecule has 0 radical (unpaired) electrons. The largest absolute Gasteiger partial charge is 0.481 e. The highest BCUT2D eigenvalue weighted by atomic mass is 32.1. The van der Waals surface area contributed by atoms with Gasteiger partial charge in [-0.2, -0.15) is 12.6 Å². The van der Waals surface area contributed by atoms with Crippen LogP contribution in [0.1, 0.15) is 31.2 Å². The van der Waals surface area contributed by atoms with Crippen LogP contribution in [0.2, 0.25) is 0 Å². The van der Waals surface area contributed by atoms with Crippen molar-refractivity contribution in [2.24, 2.45) is 11.5 Å². The van der Waals surface area contributed by atoms with E-state index >= 15 is 0 Å². The lowest BCUT2D eigenvalue weighted by atomic mass is 10.0. The Kier molecular flexibility index (Phi) is 13.4. The van der Waals surface area contributed by atoms with Gasteiger partial charge in [-0.05, 0) is 24.9 Å². The summed E-state index contributed by atoms with van der Waals surface area (Å²) in [6.07, 6.45) is 0.808. The predicted molar refractivity (Wildman–Crippen MR) is 131 cm³/mol. The summed E-state index contributed by atoms with van der Waals surface area (Å²) in [4.78, 5) is 60.6. The molecule has 1 aromatic carbocycles. The van der Waals surface area contributed by atoms with Gasteiger partial charge in [-0.3, -0.25) is 19.2 Å². The Hall–Kier alpha value is -3.16. The zero-order valence-electron chi connectivity index (χ0n) is 19.2. The molecule has 0 aliphatic carbocycles. The van der Waals surface area contributed by atoms with Gasteiger partial charge < -0.3 is 37.6 Å². The summed E-state index contributed by atoms with van der Waals surface area (Å²) in [6, 6.07) is 3.50. The summed E-state index contributed by atoms with van der Waals surface area (Å²) in [5, 5.41) is 25.6. The fourth-order valence-corrected chi connectivity index (χ4v) is 3.35. The molecule has 0 saturated heterocycles. The van der Waals surface area contributed by atoms with Crippen molar-refractivity contribution < 1.29 is 34.2 Å². The number of nitrogens with two attached hydrogens (primary N) is 2. The summed E-state index contributed by atoms with van der Waals surface area (Å²) in [5.41, 5.74) is 11.9. The molecule has 0 aromatic heterocycles. The van der Waals surface area contributed by atoms with Gasteiger partial charge in [0.05, 0.1) is 12.5 Å². The van der Waals surface area contributed by atoms with E-state index in [-0.39, 0.29) is 12.2 Å². The van der Waals surface area contributed by atoms with E-state index in [2.05, 4.69) is 28.6 Å². The number of carbonyl (C=O) groups is 5. The second-order valence-electron chi connectivity index (χ2n) is 7.88. The Labute approximate surface area is 208 Å². The summed E-state index contributed by atoms with van der Waals surface area (Å²) >= 11 is 4.04. The van der Waals surface area contributed by atoms with E-state index in [1.165, 1.54) is 0 Å². The molecule has 194 valence electrons. The number of aliphatic carboxylic acids is 2. The molecule has 4 unspecified atom stereocenters. The fraction of sp³-hybridized carbons (Fsp3) is 0.500. The molecule has 35 heavy (non-hydrogen) atoms. The highest BCUT2D eigenvalue weighted by Crippen LogP contribution is 2.05. The van der Waals surface area contributed by atoms with E-state index in [1.807, 2.05) is 0 Å². The van der Waals surface area contributed by atoms with Crippen LogP contribution in [-0.2, 0) is 30.4 Å². The van der Waals surface area contributed by atoms with E-state index in [4.69, 9.17) is 11.5 Å². The zero-order chi connectivity index (χ0) is 26.4. The number of hydrogen-bond donors (Lipinski definition) is 8. The zero-order valence-corrected chi connectivity index (χ0v) is 20.1. The lowest BCUT2D eigenvalue weighted by Gasteiger charge is -2.24. The van der Waals surface area contributed by atoms with Crippen LogP contribution in [0.3, 0.4) is 0 Å². The van der Waals surface area contributed by atoms with E-state index in [1.54, 1.807) is 30.3 Å². The number of carbonyl (C=O) groups excluding carboxylic acids is 3. The average molecular weight is 512 g/mol. The summed E-state index contributed by atoms with van der Waals surface area (Å²) in [5.74, 6) is -5.34. The highest BCUT2D eigenvalue weighted by Gasteiger charge is 2.31. The molecule has 12 nitrogen and oxygen atoms in total. The van der Waals surface area contributed by atoms with E-state index in [9.17, 15) is 34.2 Å². The van der Waals surface area contributed by atoms with Crippen molar-refractivity contribution in [2.45, 2.75) is 56.3 Å². The van der Waals surface area contributed by atoms with Crippen molar-refractivity contribution in [1.82, 2.24) is 16.0 Å². The van der Waals surface area contributed by atoms with E-state index in [0.717, 1.165) is 0 Å². The molecule has 0 fully saturated rings. The van der Waals surface area contributed by atoms with Crippen LogP contribution in [0, 0.1) is 0 Å². The number of hydrogen-bond acceptors (Lipinski definition) is 8. The topological polar surface area (TPSA) is 214 Å². The molecule has 1 rings (SSSR count). The van der Waals surface area contributed by atoms with Crippen molar-refractivity contribution in [3.8, 4) is 0 Å². The standard InChI is InChI=1S/C22H33N5O7S/c23-9-5-4-8-14(24)19(30)27-17(12-35)21(32)25-15(11-18(28)29)20(31)26-16(22(33)34)10-13-6-2-1-3-7-13/h1-3,6-7,14-17,35H,4-5,8-12,23-24H2,(H,25,32)(H,26,31)(H,27,30)(H,28,29)(H,33,34). The predicted octanol–water partition coefficient (Wildman–Crippen LogP) is -1.37. The number of unbranched alkanes of at least 4 members (excludes halogenated alkanes) is 1. The third-order valence-corrected chi connectivity index (χ3v) is 5.40. The van der Waals surface area contributed by atoms with Crippen molar-refractivity contribution in [3.63, 3.8) is 0 Å². The molecule has 3 amide bonds. The van der Waals surface area contributed by atoms with Gasteiger partial charge in [0, 0.05) is 12.2 Å². The smallest absolute Gasteiger partial charge is 0.326 e. The third kappa shape index (κ3) is 11.2. The van der Waals surface area contributed by atoms with Gasteiger partial charge in [0.2, 0.25) is 17.7 Å². The molecule has 0 heterocycles. The second-order valence-corrected chi connectivity index (χ2v) is 8.25. The molecule has 9 N–H and O–H groups in total. The molecular formula is C22H33N5O7S. The third-order valence-electron chi connectivity index (χ3n) is 5.03. The van der Waals surface area contributed by atoms with Crippen LogP contribution in [-0.4, -0.2) is 76.3 Å². The number of thiol groups is 1. The number of carboxylic acids is 2. The lowest BCUT2D eigenvalue weighted by Crippen LogP contribution is -2.58. The Morgan fingerprint density at radius 3 is 1.97 bits per heavy atom. The van der Waals surface area contributed by atoms with Crippen molar-refractivity contribution in [3.05, 3.63) is 35.9 Å². The van der Waals surface area contributed by atoms with Crippen LogP contribution in [0.25, 0.3) is 0 Å². The first-order chi connectivity index (χ1) is 16.6. The monoisotopic (exact) mass is 511 g/mol. The van der Waals surface area contributed by atoms with Gasteiger partial charge >= 0.3 is 11.9 Å². The van der Waals surface area contributed by atoms with Crippen LogP contribution < -0.4 is 27.4 Å². The molecular weight excluding hydrogens is 478 g/mol. The van der Waals surface area contributed by atoms with Crippen LogP contribution in [0.5, 0.6) is 0 Å². The molecule has 0 bridgehead atoms. The minimum Gasteiger partial charge on any atom is -0.481 e. The Bertz CT molecular complexity index is 871. The van der Waals surface area contributed by atoms with Gasteiger partial charge in [0.15, 0.2) is 0 Å². The second kappa shape index (κ2) is 15.7. The first kappa shape index (κ1) is 29.9. The number of nitrogens with one attached hydrogen (secondary N) is 3. The molecule has 0 aliphatic rings. The van der Waals surface area contributed by atoms with Crippen molar-refractivity contribution in [1.29, 1.82) is 0 Å². The highest BCUT2D eigenvalue weighted by molar-refractivity contribution is 7.80. The summed E-state index contributed by atoms with van der Waals surface area (Å²) in [6.45, 7) is 0.455. The SMILES string of the molecule is NCCCCC(N)C(=O)NC(CS)C(=O)NC(CC(=O)O)C(=O)NC(Cc1ccccc1)C(=O)O. The first-order valence-electron chi connectivity index (χ1n) is 11.0. The van der Waals surface area contributed by atoms with E-state index in [0.29, 0.717) is 31.4 Å². The Morgan fingerprint density at radius 1 is 0.857 bits per heavy atom. The molecule has 1 aromatic rings. The molecule has 0 spiro atoms. The molecule has 0 saturated carbocycles. The Balaban J connectivity index is 2.85. The normalized spacial score (nSPS) is 14.1. The number of benzene rings is 1. The van der Waals surface area contributed by atoms with Crippen LogP contribution in [0.4, 0.5) is 0 Å². The molecule has 0 aliphatic heterocycles. The summed E-state index contributed by atoms with van der Waals surface area (Å²) < 4.78 is 0. The average Bonchev–Trinajstić information content (AvgIpc) is 2.81. The number of amides is 3. The minimum atomic E-state index is -1.59. The lowest BCUT2D eigenvalue weighted by molar-refractivity contribution is -0.143. The van der Waals surface area contributed by atoms with Gasteiger partial charge in [0.1, 0.15) is 18.1 Å².